The van der Waals surface area contributed by atoms with Gasteiger partial charge in [-0.1, -0.05) is 0 Å². The van der Waals surface area contributed by atoms with Crippen LogP contribution in [0.1, 0.15) is 27.2 Å². The SMILES string of the molecule is NC(=O)c1c(NC(=O)Cn2nnc(-c3ccc(F)cc3)n2)sc2c1CCC2. The lowest BCUT2D eigenvalue weighted by Crippen LogP contribution is -2.22. The van der Waals surface area contributed by atoms with Crippen LogP contribution in [0.2, 0.25) is 0 Å². The van der Waals surface area contributed by atoms with Crippen molar-refractivity contribution in [3.8, 4) is 11.4 Å². The van der Waals surface area contributed by atoms with Gasteiger partial charge < -0.3 is 11.1 Å². The molecule has 0 unspecified atom stereocenters. The van der Waals surface area contributed by atoms with Crippen LogP contribution in [0.5, 0.6) is 0 Å². The van der Waals surface area contributed by atoms with Crippen LogP contribution in [-0.4, -0.2) is 32.0 Å². The number of aryl methyl sites for hydroxylation is 1. The second-order valence-electron chi connectivity index (χ2n) is 6.12. The molecule has 2 heterocycles. The van der Waals surface area contributed by atoms with Crippen molar-refractivity contribution in [3.63, 3.8) is 0 Å². The number of nitrogens with one attached hydrogen (secondary N) is 1. The third kappa shape index (κ3) is 3.43. The molecule has 0 saturated carbocycles. The van der Waals surface area contributed by atoms with Gasteiger partial charge in [0, 0.05) is 10.4 Å². The van der Waals surface area contributed by atoms with Crippen molar-refractivity contribution in [1.82, 2.24) is 20.2 Å². The number of thiophene rings is 1. The van der Waals surface area contributed by atoms with E-state index in [1.807, 2.05) is 0 Å². The number of benzene rings is 1. The van der Waals surface area contributed by atoms with Gasteiger partial charge in [-0.05, 0) is 54.3 Å². The van der Waals surface area contributed by atoms with Gasteiger partial charge in [-0.3, -0.25) is 9.59 Å². The first-order valence-electron chi connectivity index (χ1n) is 8.29. The topological polar surface area (TPSA) is 116 Å². The van der Waals surface area contributed by atoms with Crippen molar-refractivity contribution in [2.45, 2.75) is 25.8 Å². The standard InChI is InChI=1S/C17H15FN6O2S/c18-10-6-4-9(5-7-10)16-21-23-24(22-16)8-13(25)20-17-14(15(19)26)11-2-1-3-12(11)27-17/h4-7H,1-3,8H2,(H2,19,26)(H,20,25). The van der Waals surface area contributed by atoms with Gasteiger partial charge in [0.15, 0.2) is 0 Å². The fourth-order valence-corrected chi connectivity index (χ4v) is 4.38. The average molecular weight is 386 g/mol. The Morgan fingerprint density at radius 1 is 1.26 bits per heavy atom. The van der Waals surface area contributed by atoms with Gasteiger partial charge in [0.2, 0.25) is 11.7 Å². The normalized spacial score (nSPS) is 12.8. The van der Waals surface area contributed by atoms with E-state index >= 15 is 0 Å². The predicted molar refractivity (Wildman–Crippen MR) is 96.7 cm³/mol. The second kappa shape index (κ2) is 6.88. The highest BCUT2D eigenvalue weighted by Crippen LogP contribution is 2.38. The molecule has 2 aromatic heterocycles. The van der Waals surface area contributed by atoms with Gasteiger partial charge in [-0.2, -0.15) is 4.80 Å². The summed E-state index contributed by atoms with van der Waals surface area (Å²) in [5, 5.41) is 15.0. The number of carbonyl (C=O) groups excluding carboxylic acids is 2. The number of primary amides is 1. The molecule has 0 saturated heterocycles. The van der Waals surface area contributed by atoms with Crippen molar-refractivity contribution in [2.24, 2.45) is 5.73 Å². The van der Waals surface area contributed by atoms with Crippen LogP contribution in [0.4, 0.5) is 9.39 Å². The quantitative estimate of drug-likeness (QED) is 0.693. The van der Waals surface area contributed by atoms with Gasteiger partial charge >= 0.3 is 0 Å². The third-order valence-corrected chi connectivity index (χ3v) is 5.47. The van der Waals surface area contributed by atoms with E-state index in [1.54, 1.807) is 0 Å². The van der Waals surface area contributed by atoms with Gasteiger partial charge in [0.05, 0.1) is 5.56 Å². The lowest BCUT2D eigenvalue weighted by Gasteiger charge is -2.05. The summed E-state index contributed by atoms with van der Waals surface area (Å²) in [7, 11) is 0. The monoisotopic (exact) mass is 386 g/mol. The second-order valence-corrected chi connectivity index (χ2v) is 7.23. The zero-order valence-electron chi connectivity index (χ0n) is 14.1. The molecular formula is C17H15FN6O2S. The number of nitrogens with zero attached hydrogens (tertiary/aromatic N) is 4. The summed E-state index contributed by atoms with van der Waals surface area (Å²) in [4.78, 5) is 26.3. The van der Waals surface area contributed by atoms with E-state index in [2.05, 4.69) is 20.7 Å². The first-order chi connectivity index (χ1) is 13.0. The zero-order chi connectivity index (χ0) is 19.0. The molecule has 2 amide bonds. The van der Waals surface area contributed by atoms with Crippen molar-refractivity contribution >= 4 is 28.2 Å². The summed E-state index contributed by atoms with van der Waals surface area (Å²) in [6, 6.07) is 5.65. The van der Waals surface area contributed by atoms with E-state index in [0.717, 1.165) is 34.5 Å². The van der Waals surface area contributed by atoms with Crippen LogP contribution in [0.25, 0.3) is 11.4 Å². The Kier molecular flexibility index (Phi) is 4.40. The number of fused-ring (bicyclic) bond motifs is 1. The predicted octanol–water partition coefficient (Wildman–Crippen LogP) is 1.77. The molecule has 0 atom stereocenters. The highest BCUT2D eigenvalue weighted by Gasteiger charge is 2.26. The molecule has 3 N–H and O–H groups in total. The molecule has 3 aromatic rings. The molecule has 138 valence electrons. The lowest BCUT2D eigenvalue weighted by atomic mass is 10.1. The molecule has 10 heteroatoms. The lowest BCUT2D eigenvalue weighted by molar-refractivity contribution is -0.117. The minimum Gasteiger partial charge on any atom is -0.365 e. The zero-order valence-corrected chi connectivity index (χ0v) is 14.9. The van der Waals surface area contributed by atoms with E-state index < -0.39 is 5.91 Å². The molecule has 1 aliphatic carbocycles. The number of aromatic nitrogens is 4. The fourth-order valence-electron chi connectivity index (χ4n) is 3.07. The van der Waals surface area contributed by atoms with Crippen LogP contribution in [0.15, 0.2) is 24.3 Å². The molecule has 0 spiro atoms. The highest BCUT2D eigenvalue weighted by atomic mass is 32.1. The van der Waals surface area contributed by atoms with Crippen molar-refractivity contribution in [1.29, 1.82) is 0 Å². The number of hydrogen-bond donors (Lipinski definition) is 2. The molecule has 0 radical (unpaired) electrons. The number of amides is 2. The van der Waals surface area contributed by atoms with Crippen LogP contribution >= 0.6 is 11.3 Å². The summed E-state index contributed by atoms with van der Waals surface area (Å²) >= 11 is 1.39. The number of rotatable bonds is 5. The Hall–Kier alpha value is -3.14. The van der Waals surface area contributed by atoms with Crippen molar-refractivity contribution in [2.75, 3.05) is 5.32 Å². The summed E-state index contributed by atoms with van der Waals surface area (Å²) in [6.07, 6.45) is 2.68. The molecule has 27 heavy (non-hydrogen) atoms. The molecule has 0 fully saturated rings. The average Bonchev–Trinajstić information content (AvgIpc) is 3.31. The Balaban J connectivity index is 1.48. The number of hydrogen-bond acceptors (Lipinski definition) is 6. The van der Waals surface area contributed by atoms with Crippen LogP contribution < -0.4 is 11.1 Å². The molecule has 4 rings (SSSR count). The molecule has 0 aliphatic heterocycles. The third-order valence-electron chi connectivity index (χ3n) is 4.26. The largest absolute Gasteiger partial charge is 0.365 e. The summed E-state index contributed by atoms with van der Waals surface area (Å²) in [5.41, 5.74) is 7.43. The number of carbonyl (C=O) groups is 2. The molecule has 1 aromatic carbocycles. The Morgan fingerprint density at radius 2 is 2.04 bits per heavy atom. The number of anilines is 1. The number of nitrogens with two attached hydrogens (primary N) is 1. The maximum Gasteiger partial charge on any atom is 0.251 e. The minimum absolute atomic E-state index is 0.172. The van der Waals surface area contributed by atoms with E-state index in [4.69, 9.17) is 5.73 Å². The van der Waals surface area contributed by atoms with Crippen LogP contribution in [-0.2, 0) is 24.2 Å². The smallest absolute Gasteiger partial charge is 0.251 e. The number of tetrazole rings is 1. The first-order valence-corrected chi connectivity index (χ1v) is 9.11. The molecule has 8 nitrogen and oxygen atoms in total. The van der Waals surface area contributed by atoms with Gasteiger partial charge in [0.25, 0.3) is 5.91 Å². The van der Waals surface area contributed by atoms with E-state index in [1.165, 1.54) is 35.6 Å². The van der Waals surface area contributed by atoms with E-state index in [9.17, 15) is 14.0 Å². The maximum atomic E-state index is 13.0. The van der Waals surface area contributed by atoms with E-state index in [0.29, 0.717) is 16.1 Å². The Labute approximate surface area is 157 Å². The minimum atomic E-state index is -0.540. The van der Waals surface area contributed by atoms with Crippen molar-refractivity contribution < 1.29 is 14.0 Å². The molecule has 1 aliphatic rings. The Morgan fingerprint density at radius 3 is 2.78 bits per heavy atom. The van der Waals surface area contributed by atoms with Crippen LogP contribution in [0.3, 0.4) is 0 Å². The first kappa shape index (κ1) is 17.3. The summed E-state index contributed by atoms with van der Waals surface area (Å²) in [5.74, 6) is -1.00. The van der Waals surface area contributed by atoms with Gasteiger partial charge in [-0.15, -0.1) is 21.5 Å². The fraction of sp³-hybridized carbons (Fsp3) is 0.235. The number of halogens is 1. The summed E-state index contributed by atoms with van der Waals surface area (Å²) in [6.45, 7) is -0.172. The van der Waals surface area contributed by atoms with Gasteiger partial charge in [-0.25, -0.2) is 4.39 Å². The van der Waals surface area contributed by atoms with Gasteiger partial charge in [0.1, 0.15) is 17.4 Å². The Bertz CT molecular complexity index is 1030. The molecular weight excluding hydrogens is 371 g/mol. The summed E-state index contributed by atoms with van der Waals surface area (Å²) < 4.78 is 13.0. The maximum absolute atomic E-state index is 13.0. The van der Waals surface area contributed by atoms with E-state index in [-0.39, 0.29) is 24.1 Å². The van der Waals surface area contributed by atoms with Crippen LogP contribution in [0, 0.1) is 5.82 Å². The van der Waals surface area contributed by atoms with Crippen molar-refractivity contribution in [3.05, 3.63) is 46.1 Å². The molecule has 0 bridgehead atoms. The highest BCUT2D eigenvalue weighted by molar-refractivity contribution is 7.17.